The minimum atomic E-state index is 0.210. The van der Waals surface area contributed by atoms with Crippen LogP contribution in [0.25, 0.3) is 0 Å². The molecule has 1 aliphatic carbocycles. The zero-order valence-electron chi connectivity index (χ0n) is 25.1. The molecule has 4 nitrogen and oxygen atoms in total. The first kappa shape index (κ1) is 29.1. The summed E-state index contributed by atoms with van der Waals surface area (Å²) in [7, 11) is 0. The zero-order chi connectivity index (χ0) is 30.3. The molecule has 42 heavy (non-hydrogen) atoms. The predicted molar refractivity (Wildman–Crippen MR) is 170 cm³/mol. The summed E-state index contributed by atoms with van der Waals surface area (Å²) in [6, 6.07) is 15.7. The van der Waals surface area contributed by atoms with Gasteiger partial charge in [0.15, 0.2) is 0 Å². The normalized spacial score (nSPS) is 14.1. The lowest BCUT2D eigenvalue weighted by molar-refractivity contribution is 0.455. The Bertz CT molecular complexity index is 1490. The average molecular weight is 561 g/mol. The van der Waals surface area contributed by atoms with Crippen LogP contribution >= 0.6 is 0 Å². The third-order valence-corrected chi connectivity index (χ3v) is 8.17. The van der Waals surface area contributed by atoms with Crippen molar-refractivity contribution in [1.82, 2.24) is 0 Å². The minimum Gasteiger partial charge on any atom is -0.507 e. The molecule has 0 aliphatic heterocycles. The van der Waals surface area contributed by atoms with Crippen LogP contribution in [0.5, 0.6) is 23.0 Å². The SMILES string of the molecule is C=C1Cc2cc(C)cc(c2O)Cc2cc(C)cc(c2O)CC(=C)Cc2cc(C)cc(c2O)Cc2cc(C)cc(c2O)C1. The Hall–Kier alpha value is -4.44. The van der Waals surface area contributed by atoms with E-state index in [1.807, 2.05) is 76.2 Å². The van der Waals surface area contributed by atoms with Gasteiger partial charge in [0, 0.05) is 12.8 Å². The predicted octanol–water partition coefficient (Wildman–Crippen LogP) is 7.92. The van der Waals surface area contributed by atoms with Crippen molar-refractivity contribution in [1.29, 1.82) is 0 Å². The van der Waals surface area contributed by atoms with E-state index in [9.17, 15) is 20.4 Å². The van der Waals surface area contributed by atoms with Crippen molar-refractivity contribution in [2.24, 2.45) is 0 Å². The summed E-state index contributed by atoms with van der Waals surface area (Å²) in [6.07, 6.45) is 2.58. The lowest BCUT2D eigenvalue weighted by atomic mass is 9.89. The highest BCUT2D eigenvalue weighted by atomic mass is 16.3. The second kappa shape index (κ2) is 11.4. The van der Waals surface area contributed by atoms with E-state index in [-0.39, 0.29) is 23.0 Å². The topological polar surface area (TPSA) is 80.9 Å². The number of hydrogen-bond acceptors (Lipinski definition) is 4. The smallest absolute Gasteiger partial charge is 0.122 e. The van der Waals surface area contributed by atoms with E-state index in [4.69, 9.17) is 0 Å². The number of phenols is 4. The number of fused-ring (bicyclic) bond motifs is 8. The van der Waals surface area contributed by atoms with Crippen molar-refractivity contribution < 1.29 is 20.4 Å². The Morgan fingerprint density at radius 3 is 0.714 bits per heavy atom. The molecule has 0 saturated heterocycles. The Morgan fingerprint density at radius 2 is 0.524 bits per heavy atom. The highest BCUT2D eigenvalue weighted by molar-refractivity contribution is 5.55. The van der Waals surface area contributed by atoms with Crippen LogP contribution in [-0.2, 0) is 38.5 Å². The molecule has 0 fully saturated rings. The molecule has 0 unspecified atom stereocenters. The van der Waals surface area contributed by atoms with Crippen molar-refractivity contribution in [2.45, 2.75) is 66.2 Å². The Balaban J connectivity index is 1.65. The lowest BCUT2D eigenvalue weighted by Crippen LogP contribution is -2.03. The number of aromatic hydroxyl groups is 4. The third-order valence-electron chi connectivity index (χ3n) is 8.17. The van der Waals surface area contributed by atoms with Gasteiger partial charge < -0.3 is 20.4 Å². The molecule has 4 N–H and O–H groups in total. The number of aryl methyl sites for hydroxylation is 4. The van der Waals surface area contributed by atoms with Gasteiger partial charge in [0.2, 0.25) is 0 Å². The molecule has 0 amide bonds. The zero-order valence-corrected chi connectivity index (χ0v) is 25.1. The van der Waals surface area contributed by atoms with Gasteiger partial charge >= 0.3 is 0 Å². The maximum absolute atomic E-state index is 11.3. The standard InChI is InChI=1S/C38H40O4/c1-21-7-27-11-23(3)15-31(35(27)39)19-33-17-25(5)13-29(37(33)41)9-22(2)10-30-14-26(6)18-34(38(30)42)20-32-16-24(4)12-28(8-21)36(32)40/h11-18,39-42H,1-2,7-10,19-20H2,3-6H3. The highest BCUT2D eigenvalue weighted by Gasteiger charge is 2.19. The van der Waals surface area contributed by atoms with Gasteiger partial charge in [0.25, 0.3) is 0 Å². The molecular formula is C38H40O4. The molecule has 0 heterocycles. The molecule has 5 rings (SSSR count). The molecule has 0 saturated carbocycles. The quantitative estimate of drug-likeness (QED) is 0.165. The summed E-state index contributed by atoms with van der Waals surface area (Å²) in [6.45, 7) is 16.6. The van der Waals surface area contributed by atoms with Gasteiger partial charge in [-0.2, -0.15) is 0 Å². The summed E-state index contributed by atoms with van der Waals surface area (Å²) in [5.74, 6) is 0.839. The van der Waals surface area contributed by atoms with Crippen LogP contribution < -0.4 is 0 Å². The van der Waals surface area contributed by atoms with Gasteiger partial charge in [-0.3, -0.25) is 0 Å². The second-order valence-corrected chi connectivity index (χ2v) is 12.3. The highest BCUT2D eigenvalue weighted by Crippen LogP contribution is 2.37. The van der Waals surface area contributed by atoms with E-state index < -0.39 is 0 Å². The van der Waals surface area contributed by atoms with E-state index in [2.05, 4.69) is 13.2 Å². The molecule has 216 valence electrons. The summed E-state index contributed by atoms with van der Waals surface area (Å²) in [5.41, 5.74) is 11.9. The summed E-state index contributed by atoms with van der Waals surface area (Å²) < 4.78 is 0. The maximum Gasteiger partial charge on any atom is 0.122 e. The Morgan fingerprint density at radius 1 is 0.357 bits per heavy atom. The van der Waals surface area contributed by atoms with Crippen molar-refractivity contribution in [3.63, 3.8) is 0 Å². The van der Waals surface area contributed by atoms with E-state index in [0.717, 1.165) is 77.9 Å². The minimum absolute atomic E-state index is 0.210. The molecule has 4 aromatic rings. The molecule has 4 aromatic carbocycles. The van der Waals surface area contributed by atoms with Crippen molar-refractivity contribution in [2.75, 3.05) is 0 Å². The maximum atomic E-state index is 11.3. The molecule has 4 heteroatoms. The Labute approximate surface area is 249 Å². The molecule has 8 bridgehead atoms. The van der Waals surface area contributed by atoms with E-state index in [1.165, 1.54) is 0 Å². The molecule has 0 aromatic heterocycles. The first-order valence-electron chi connectivity index (χ1n) is 14.5. The molecule has 1 aliphatic rings. The molecule has 0 spiro atoms. The van der Waals surface area contributed by atoms with E-state index >= 15 is 0 Å². The van der Waals surface area contributed by atoms with Gasteiger partial charge in [0.1, 0.15) is 23.0 Å². The van der Waals surface area contributed by atoms with Crippen LogP contribution in [0.3, 0.4) is 0 Å². The van der Waals surface area contributed by atoms with Crippen LogP contribution in [0.2, 0.25) is 0 Å². The van der Waals surface area contributed by atoms with Gasteiger partial charge in [-0.1, -0.05) is 95.1 Å². The first-order valence-corrected chi connectivity index (χ1v) is 14.5. The van der Waals surface area contributed by atoms with Crippen LogP contribution in [-0.4, -0.2) is 20.4 Å². The van der Waals surface area contributed by atoms with Crippen LogP contribution in [0.4, 0.5) is 0 Å². The third kappa shape index (κ3) is 6.08. The fourth-order valence-corrected chi connectivity index (χ4v) is 6.43. The fourth-order valence-electron chi connectivity index (χ4n) is 6.43. The summed E-state index contributed by atoms with van der Waals surface area (Å²) >= 11 is 0. The summed E-state index contributed by atoms with van der Waals surface area (Å²) in [5, 5.41) is 45.3. The average Bonchev–Trinajstić information content (AvgIpc) is 2.89. The number of rotatable bonds is 0. The van der Waals surface area contributed by atoms with Crippen molar-refractivity contribution in [3.8, 4) is 23.0 Å². The van der Waals surface area contributed by atoms with Crippen LogP contribution in [0.15, 0.2) is 72.8 Å². The molecule has 0 radical (unpaired) electrons. The van der Waals surface area contributed by atoms with E-state index in [0.29, 0.717) is 38.5 Å². The van der Waals surface area contributed by atoms with Crippen LogP contribution in [0, 0.1) is 27.7 Å². The number of hydrogen-bond donors (Lipinski definition) is 4. The first-order chi connectivity index (χ1) is 19.9. The second-order valence-electron chi connectivity index (χ2n) is 12.3. The van der Waals surface area contributed by atoms with Gasteiger partial charge in [-0.05, 0) is 97.9 Å². The van der Waals surface area contributed by atoms with Gasteiger partial charge in [-0.25, -0.2) is 0 Å². The summed E-state index contributed by atoms with van der Waals surface area (Å²) in [4.78, 5) is 0. The van der Waals surface area contributed by atoms with Gasteiger partial charge in [-0.15, -0.1) is 0 Å². The van der Waals surface area contributed by atoms with E-state index in [1.54, 1.807) is 0 Å². The van der Waals surface area contributed by atoms with Crippen LogP contribution in [0.1, 0.15) is 66.8 Å². The number of phenolic OH excluding ortho intramolecular Hbond substituents is 4. The van der Waals surface area contributed by atoms with Crippen molar-refractivity contribution in [3.05, 3.63) is 140 Å². The van der Waals surface area contributed by atoms with Gasteiger partial charge in [0.05, 0.1) is 0 Å². The number of benzene rings is 4. The Kier molecular flexibility index (Phi) is 7.92. The fraction of sp³-hybridized carbons (Fsp3) is 0.263. The monoisotopic (exact) mass is 560 g/mol. The number of allylic oxidation sites excluding steroid dienone is 2. The largest absolute Gasteiger partial charge is 0.507 e. The molecule has 0 atom stereocenters. The molecular weight excluding hydrogens is 520 g/mol. The lowest BCUT2D eigenvalue weighted by Gasteiger charge is -2.18. The van der Waals surface area contributed by atoms with Crippen molar-refractivity contribution >= 4 is 0 Å².